The van der Waals surface area contributed by atoms with Crippen LogP contribution in [0.25, 0.3) is 0 Å². The van der Waals surface area contributed by atoms with Crippen LogP contribution in [-0.4, -0.2) is 29.3 Å². The fourth-order valence-electron chi connectivity index (χ4n) is 2.46. The average Bonchev–Trinajstić information content (AvgIpc) is 2.68. The normalized spacial score (nSPS) is 10.8. The first kappa shape index (κ1) is 21.4. The summed E-state index contributed by atoms with van der Waals surface area (Å²) in [5, 5.41) is 4.62. The molecule has 0 bridgehead atoms. The van der Waals surface area contributed by atoms with E-state index < -0.39 is 5.97 Å². The molecule has 0 atom stereocenters. The van der Waals surface area contributed by atoms with Gasteiger partial charge in [-0.2, -0.15) is 5.10 Å². The first-order valence-electron chi connectivity index (χ1n) is 8.58. The summed E-state index contributed by atoms with van der Waals surface area (Å²) in [6.45, 7) is 1.70. The highest BCUT2D eigenvalue weighted by atomic mass is 35.5. The van der Waals surface area contributed by atoms with Crippen LogP contribution < -0.4 is 20.5 Å². The van der Waals surface area contributed by atoms with Gasteiger partial charge < -0.3 is 9.47 Å². The Morgan fingerprint density at radius 1 is 1.17 bits per heavy atom. The van der Waals surface area contributed by atoms with Gasteiger partial charge in [0.25, 0.3) is 5.56 Å². The molecule has 0 aliphatic carbocycles. The maximum atomic E-state index is 12.4. The quantitative estimate of drug-likeness (QED) is 0.256. The second kappa shape index (κ2) is 9.43. The van der Waals surface area contributed by atoms with E-state index in [1.807, 2.05) is 0 Å². The van der Waals surface area contributed by atoms with Crippen molar-refractivity contribution in [3.8, 4) is 11.5 Å². The first-order valence-corrected chi connectivity index (χ1v) is 9.33. The molecule has 8 nitrogen and oxygen atoms in total. The van der Waals surface area contributed by atoms with Crippen LogP contribution in [0.4, 0.5) is 5.95 Å². The molecule has 0 spiro atoms. The fraction of sp³-hybridized carbons (Fsp3) is 0.100. The Morgan fingerprint density at radius 2 is 1.97 bits per heavy atom. The van der Waals surface area contributed by atoms with E-state index in [-0.39, 0.29) is 27.8 Å². The lowest BCUT2D eigenvalue weighted by Gasteiger charge is -2.10. The topological polar surface area (TPSA) is 106 Å². The number of aromatic nitrogens is 2. The highest BCUT2D eigenvalue weighted by molar-refractivity contribution is 6.36. The van der Waals surface area contributed by atoms with Crippen LogP contribution >= 0.6 is 23.2 Å². The van der Waals surface area contributed by atoms with E-state index in [2.05, 4.69) is 20.5 Å². The number of anilines is 1. The summed E-state index contributed by atoms with van der Waals surface area (Å²) in [6, 6.07) is 10.7. The third kappa shape index (κ3) is 5.37. The molecule has 0 unspecified atom stereocenters. The van der Waals surface area contributed by atoms with Crippen LogP contribution in [0.15, 0.2) is 52.4 Å². The molecule has 0 saturated heterocycles. The molecule has 0 radical (unpaired) electrons. The lowest BCUT2D eigenvalue weighted by molar-refractivity contribution is 0.0730. The Bertz CT molecular complexity index is 1180. The number of ether oxygens (including phenoxy) is 2. The molecule has 1 aromatic heterocycles. The minimum Gasteiger partial charge on any atom is -0.493 e. The molecule has 0 aliphatic rings. The fourth-order valence-corrected chi connectivity index (χ4v) is 2.94. The molecule has 2 N–H and O–H groups in total. The average molecular weight is 447 g/mol. The lowest BCUT2D eigenvalue weighted by Crippen LogP contribution is -2.10. The summed E-state index contributed by atoms with van der Waals surface area (Å²) in [7, 11) is 1.45. The number of H-pyrrole nitrogens is 1. The van der Waals surface area contributed by atoms with Gasteiger partial charge in [-0.05, 0) is 48.9 Å². The predicted molar refractivity (Wildman–Crippen MR) is 115 cm³/mol. The molecule has 30 heavy (non-hydrogen) atoms. The van der Waals surface area contributed by atoms with Crippen LogP contribution in [0.3, 0.4) is 0 Å². The number of nitrogens with zero attached hydrogens (tertiary/aromatic N) is 2. The number of hydrazone groups is 1. The summed E-state index contributed by atoms with van der Waals surface area (Å²) in [6.07, 6.45) is 1.49. The zero-order valence-electron chi connectivity index (χ0n) is 15.9. The number of nitrogens with one attached hydrogen (secondary N) is 2. The van der Waals surface area contributed by atoms with Gasteiger partial charge >= 0.3 is 5.97 Å². The van der Waals surface area contributed by atoms with Crippen LogP contribution in [0.1, 0.15) is 21.6 Å². The zero-order valence-corrected chi connectivity index (χ0v) is 17.4. The third-order valence-electron chi connectivity index (χ3n) is 3.80. The summed E-state index contributed by atoms with van der Waals surface area (Å²) < 4.78 is 10.7. The monoisotopic (exact) mass is 446 g/mol. The summed E-state index contributed by atoms with van der Waals surface area (Å²) >= 11 is 11.9. The van der Waals surface area contributed by atoms with Crippen LogP contribution in [0.2, 0.25) is 10.0 Å². The summed E-state index contributed by atoms with van der Waals surface area (Å²) in [5.41, 5.74) is 3.75. The number of methoxy groups -OCH3 is 1. The highest BCUT2D eigenvalue weighted by Crippen LogP contribution is 2.29. The van der Waals surface area contributed by atoms with Crippen molar-refractivity contribution in [1.82, 2.24) is 9.97 Å². The van der Waals surface area contributed by atoms with Gasteiger partial charge in [0.05, 0.1) is 23.9 Å². The number of hydrogen-bond acceptors (Lipinski definition) is 7. The Morgan fingerprint density at radius 3 is 2.67 bits per heavy atom. The number of benzene rings is 2. The largest absolute Gasteiger partial charge is 0.493 e. The van der Waals surface area contributed by atoms with E-state index in [0.29, 0.717) is 22.0 Å². The number of rotatable bonds is 6. The van der Waals surface area contributed by atoms with Crippen molar-refractivity contribution in [2.75, 3.05) is 12.5 Å². The molecule has 3 aromatic rings. The van der Waals surface area contributed by atoms with Crippen LogP contribution in [-0.2, 0) is 0 Å². The van der Waals surface area contributed by atoms with E-state index in [1.54, 1.807) is 31.2 Å². The predicted octanol–water partition coefficient (Wildman–Crippen LogP) is 4.06. The number of aromatic amines is 1. The van der Waals surface area contributed by atoms with Gasteiger partial charge in [-0.25, -0.2) is 15.2 Å². The van der Waals surface area contributed by atoms with E-state index in [0.717, 1.165) is 0 Å². The summed E-state index contributed by atoms with van der Waals surface area (Å²) in [5.74, 6) is 0.101. The second-order valence-electron chi connectivity index (χ2n) is 6.03. The van der Waals surface area contributed by atoms with E-state index >= 15 is 0 Å². The molecule has 0 aliphatic heterocycles. The molecule has 3 rings (SSSR count). The van der Waals surface area contributed by atoms with Gasteiger partial charge in [0.1, 0.15) is 0 Å². The van der Waals surface area contributed by atoms with Crippen molar-refractivity contribution < 1.29 is 14.3 Å². The zero-order chi connectivity index (χ0) is 21.7. The van der Waals surface area contributed by atoms with Gasteiger partial charge in [0, 0.05) is 16.8 Å². The van der Waals surface area contributed by atoms with Gasteiger partial charge in [-0.3, -0.25) is 9.78 Å². The molecular weight excluding hydrogens is 431 g/mol. The number of aryl methyl sites for hydroxylation is 1. The Labute approximate surface area is 181 Å². The molecule has 0 fully saturated rings. The van der Waals surface area contributed by atoms with E-state index in [9.17, 15) is 9.59 Å². The van der Waals surface area contributed by atoms with Crippen LogP contribution in [0, 0.1) is 6.92 Å². The second-order valence-corrected chi connectivity index (χ2v) is 6.87. The molecule has 0 amide bonds. The van der Waals surface area contributed by atoms with Crippen molar-refractivity contribution in [1.29, 1.82) is 0 Å². The molecule has 10 heteroatoms. The number of esters is 1. The summed E-state index contributed by atoms with van der Waals surface area (Å²) in [4.78, 5) is 30.5. The SMILES string of the molecule is COc1cc(/C=N/Nc2nc(C)cc(=O)[nH]2)ccc1OC(=O)c1ccc(Cl)cc1Cl. The van der Waals surface area contributed by atoms with Gasteiger partial charge in [-0.1, -0.05) is 23.2 Å². The van der Waals surface area contributed by atoms with E-state index in [4.69, 9.17) is 32.7 Å². The molecule has 1 heterocycles. The van der Waals surface area contributed by atoms with Gasteiger partial charge in [0.15, 0.2) is 11.5 Å². The van der Waals surface area contributed by atoms with Crippen molar-refractivity contribution in [2.24, 2.45) is 5.10 Å². The molecule has 154 valence electrons. The van der Waals surface area contributed by atoms with Crippen molar-refractivity contribution >= 4 is 41.3 Å². The standard InChI is InChI=1S/C20H16Cl2N4O4/c1-11-7-18(27)25-20(24-11)26-23-10-12-3-6-16(17(8-12)29-2)30-19(28)14-5-4-13(21)9-15(14)22/h3-10H,1-2H3,(H2,24,25,26,27)/b23-10+. The van der Waals surface area contributed by atoms with Crippen LogP contribution in [0.5, 0.6) is 11.5 Å². The van der Waals surface area contributed by atoms with Gasteiger partial charge in [0.2, 0.25) is 5.95 Å². The molecule has 0 saturated carbocycles. The van der Waals surface area contributed by atoms with Gasteiger partial charge in [-0.15, -0.1) is 0 Å². The lowest BCUT2D eigenvalue weighted by atomic mass is 10.2. The van der Waals surface area contributed by atoms with E-state index in [1.165, 1.54) is 31.5 Å². The Hall–Kier alpha value is -3.36. The Kier molecular flexibility index (Phi) is 6.71. The number of carbonyl (C=O) groups excluding carboxylic acids is 1. The third-order valence-corrected chi connectivity index (χ3v) is 4.34. The number of hydrogen-bond donors (Lipinski definition) is 2. The first-order chi connectivity index (χ1) is 14.4. The van der Waals surface area contributed by atoms with Crippen molar-refractivity contribution in [3.05, 3.63) is 79.7 Å². The highest BCUT2D eigenvalue weighted by Gasteiger charge is 2.16. The minimum atomic E-state index is -0.646. The van der Waals surface area contributed by atoms with Crippen molar-refractivity contribution in [2.45, 2.75) is 6.92 Å². The molecule has 2 aromatic carbocycles. The maximum absolute atomic E-state index is 12.4. The van der Waals surface area contributed by atoms with Crippen molar-refractivity contribution in [3.63, 3.8) is 0 Å². The smallest absolute Gasteiger partial charge is 0.345 e. The maximum Gasteiger partial charge on any atom is 0.345 e. The number of carbonyl (C=O) groups is 1. The Balaban J connectivity index is 1.74. The number of halogens is 2. The minimum absolute atomic E-state index is 0.178. The molecular formula is C20H16Cl2N4O4.